The molecule has 3 nitrogen and oxygen atoms in total. The molecule has 2 aromatic rings. The highest BCUT2D eigenvalue weighted by molar-refractivity contribution is 5.48. The second-order valence-corrected chi connectivity index (χ2v) is 5.30. The van der Waals surface area contributed by atoms with Crippen molar-refractivity contribution in [2.75, 3.05) is 14.2 Å². The van der Waals surface area contributed by atoms with Gasteiger partial charge in [0.2, 0.25) is 0 Å². The molecule has 2 rings (SSSR count). The highest BCUT2D eigenvalue weighted by atomic mass is 16.5. The molecule has 0 heterocycles. The maximum absolute atomic E-state index is 10.8. The standard InChI is InChI=1S/C18H22O3/c1-11-8-13(3)15(9-12(11)2)18(19)16-10-14(20-4)6-7-17(16)21-5/h6-10,18-19H,1-5H3. The van der Waals surface area contributed by atoms with E-state index >= 15 is 0 Å². The van der Waals surface area contributed by atoms with Crippen LogP contribution in [0.25, 0.3) is 0 Å². The van der Waals surface area contributed by atoms with Crippen molar-refractivity contribution < 1.29 is 14.6 Å². The highest BCUT2D eigenvalue weighted by Crippen LogP contribution is 2.35. The maximum Gasteiger partial charge on any atom is 0.125 e. The van der Waals surface area contributed by atoms with Gasteiger partial charge in [-0.05, 0) is 61.2 Å². The Labute approximate surface area is 126 Å². The van der Waals surface area contributed by atoms with Crippen LogP contribution in [-0.2, 0) is 0 Å². The van der Waals surface area contributed by atoms with E-state index in [1.54, 1.807) is 14.2 Å². The Balaban J connectivity index is 2.53. The summed E-state index contributed by atoms with van der Waals surface area (Å²) in [5.41, 5.74) is 5.06. The van der Waals surface area contributed by atoms with E-state index in [4.69, 9.17) is 9.47 Å². The van der Waals surface area contributed by atoms with Crippen LogP contribution in [0.2, 0.25) is 0 Å². The average molecular weight is 286 g/mol. The topological polar surface area (TPSA) is 38.7 Å². The number of aliphatic hydroxyl groups excluding tert-OH is 1. The van der Waals surface area contributed by atoms with Gasteiger partial charge in [0.05, 0.1) is 14.2 Å². The van der Waals surface area contributed by atoms with E-state index in [0.717, 1.165) is 16.7 Å². The van der Waals surface area contributed by atoms with E-state index in [2.05, 4.69) is 13.0 Å². The SMILES string of the molecule is COc1ccc(OC)c(C(O)c2cc(C)c(C)cc2C)c1. The fourth-order valence-corrected chi connectivity index (χ4v) is 2.50. The Hall–Kier alpha value is -2.00. The molecule has 112 valence electrons. The molecule has 0 aliphatic rings. The third-order valence-corrected chi connectivity index (χ3v) is 3.91. The molecule has 1 atom stereocenters. The van der Waals surface area contributed by atoms with Crippen molar-refractivity contribution in [3.63, 3.8) is 0 Å². The van der Waals surface area contributed by atoms with Crippen LogP contribution in [0.4, 0.5) is 0 Å². The average Bonchev–Trinajstić information content (AvgIpc) is 2.49. The highest BCUT2D eigenvalue weighted by Gasteiger charge is 2.19. The summed E-state index contributed by atoms with van der Waals surface area (Å²) < 4.78 is 10.6. The van der Waals surface area contributed by atoms with Crippen LogP contribution < -0.4 is 9.47 Å². The fourth-order valence-electron chi connectivity index (χ4n) is 2.50. The summed E-state index contributed by atoms with van der Waals surface area (Å²) in [7, 11) is 3.21. The first-order valence-electron chi connectivity index (χ1n) is 6.95. The predicted molar refractivity (Wildman–Crippen MR) is 84.3 cm³/mol. The van der Waals surface area contributed by atoms with Gasteiger partial charge in [-0.3, -0.25) is 0 Å². The number of hydrogen-bond donors (Lipinski definition) is 1. The molecule has 0 aromatic heterocycles. The normalized spacial score (nSPS) is 12.1. The molecule has 0 amide bonds. The third kappa shape index (κ3) is 3.03. The van der Waals surface area contributed by atoms with Crippen molar-refractivity contribution in [1.82, 2.24) is 0 Å². The van der Waals surface area contributed by atoms with E-state index in [0.29, 0.717) is 17.1 Å². The van der Waals surface area contributed by atoms with Crippen molar-refractivity contribution in [1.29, 1.82) is 0 Å². The van der Waals surface area contributed by atoms with Gasteiger partial charge in [0, 0.05) is 5.56 Å². The van der Waals surface area contributed by atoms with Crippen LogP contribution >= 0.6 is 0 Å². The number of hydrogen-bond acceptors (Lipinski definition) is 3. The molecule has 0 saturated carbocycles. The molecule has 1 N–H and O–H groups in total. The lowest BCUT2D eigenvalue weighted by Gasteiger charge is -2.19. The van der Waals surface area contributed by atoms with Crippen molar-refractivity contribution in [3.05, 3.63) is 58.1 Å². The van der Waals surface area contributed by atoms with Gasteiger partial charge in [-0.25, -0.2) is 0 Å². The zero-order valence-electron chi connectivity index (χ0n) is 13.2. The maximum atomic E-state index is 10.8. The first-order chi connectivity index (χ1) is 9.97. The molecule has 0 spiro atoms. The Morgan fingerprint density at radius 3 is 2.10 bits per heavy atom. The molecule has 0 aliphatic carbocycles. The molecule has 0 radical (unpaired) electrons. The van der Waals surface area contributed by atoms with Crippen molar-refractivity contribution in [3.8, 4) is 11.5 Å². The second-order valence-electron chi connectivity index (χ2n) is 5.30. The summed E-state index contributed by atoms with van der Waals surface area (Å²) in [6.07, 6.45) is -0.741. The van der Waals surface area contributed by atoms with E-state index in [-0.39, 0.29) is 0 Å². The Kier molecular flexibility index (Phi) is 4.53. The number of rotatable bonds is 4. The summed E-state index contributed by atoms with van der Waals surface area (Å²) in [5.74, 6) is 1.35. The van der Waals surface area contributed by atoms with Crippen LogP contribution in [0.15, 0.2) is 30.3 Å². The van der Waals surface area contributed by atoms with Gasteiger partial charge in [0.25, 0.3) is 0 Å². The summed E-state index contributed by atoms with van der Waals surface area (Å²) in [4.78, 5) is 0. The molecule has 3 heteroatoms. The Bertz CT molecular complexity index is 647. The van der Waals surface area contributed by atoms with Crippen LogP contribution in [-0.4, -0.2) is 19.3 Å². The Morgan fingerprint density at radius 2 is 1.48 bits per heavy atom. The third-order valence-electron chi connectivity index (χ3n) is 3.91. The number of methoxy groups -OCH3 is 2. The predicted octanol–water partition coefficient (Wildman–Crippen LogP) is 3.71. The van der Waals surface area contributed by atoms with Gasteiger partial charge in [0.15, 0.2) is 0 Å². The molecule has 0 saturated heterocycles. The van der Waals surface area contributed by atoms with Crippen LogP contribution in [0.3, 0.4) is 0 Å². The number of aliphatic hydroxyl groups is 1. The quantitative estimate of drug-likeness (QED) is 0.931. The number of ether oxygens (including phenoxy) is 2. The minimum absolute atomic E-state index is 0.654. The summed E-state index contributed by atoms with van der Waals surface area (Å²) in [5, 5.41) is 10.8. The van der Waals surface area contributed by atoms with Crippen molar-refractivity contribution in [2.24, 2.45) is 0 Å². The van der Waals surface area contributed by atoms with Crippen LogP contribution in [0, 0.1) is 20.8 Å². The molecule has 0 bridgehead atoms. The minimum atomic E-state index is -0.741. The molecule has 0 aliphatic heterocycles. The second kappa shape index (κ2) is 6.19. The lowest BCUT2D eigenvalue weighted by Crippen LogP contribution is -2.06. The molecule has 1 unspecified atom stereocenters. The van der Waals surface area contributed by atoms with Crippen LogP contribution in [0.1, 0.15) is 33.9 Å². The number of aryl methyl sites for hydroxylation is 3. The van der Waals surface area contributed by atoms with E-state index in [1.165, 1.54) is 5.56 Å². The van der Waals surface area contributed by atoms with Crippen molar-refractivity contribution >= 4 is 0 Å². The van der Waals surface area contributed by atoms with Gasteiger partial charge in [-0.15, -0.1) is 0 Å². The fraction of sp³-hybridized carbons (Fsp3) is 0.333. The lowest BCUT2D eigenvalue weighted by molar-refractivity contribution is 0.213. The molecular weight excluding hydrogens is 264 g/mol. The first-order valence-corrected chi connectivity index (χ1v) is 6.95. The molecule has 2 aromatic carbocycles. The zero-order chi connectivity index (χ0) is 15.6. The lowest BCUT2D eigenvalue weighted by atomic mass is 9.93. The first kappa shape index (κ1) is 15.4. The van der Waals surface area contributed by atoms with Gasteiger partial charge >= 0.3 is 0 Å². The minimum Gasteiger partial charge on any atom is -0.497 e. The monoisotopic (exact) mass is 286 g/mol. The molecular formula is C18H22O3. The van der Waals surface area contributed by atoms with Gasteiger partial charge in [-0.2, -0.15) is 0 Å². The van der Waals surface area contributed by atoms with Gasteiger partial charge in [0.1, 0.15) is 17.6 Å². The smallest absolute Gasteiger partial charge is 0.125 e. The Morgan fingerprint density at radius 1 is 0.810 bits per heavy atom. The van der Waals surface area contributed by atoms with Crippen LogP contribution in [0.5, 0.6) is 11.5 Å². The van der Waals surface area contributed by atoms with E-state index in [1.807, 2.05) is 38.1 Å². The van der Waals surface area contributed by atoms with Crippen molar-refractivity contribution in [2.45, 2.75) is 26.9 Å². The number of benzene rings is 2. The zero-order valence-corrected chi connectivity index (χ0v) is 13.2. The molecule has 21 heavy (non-hydrogen) atoms. The largest absolute Gasteiger partial charge is 0.497 e. The summed E-state index contributed by atoms with van der Waals surface area (Å²) in [6.45, 7) is 6.13. The van der Waals surface area contributed by atoms with E-state index in [9.17, 15) is 5.11 Å². The molecule has 0 fully saturated rings. The van der Waals surface area contributed by atoms with Gasteiger partial charge < -0.3 is 14.6 Å². The van der Waals surface area contributed by atoms with E-state index < -0.39 is 6.10 Å². The summed E-state index contributed by atoms with van der Waals surface area (Å²) in [6, 6.07) is 9.59. The van der Waals surface area contributed by atoms with Gasteiger partial charge in [-0.1, -0.05) is 12.1 Å². The summed E-state index contributed by atoms with van der Waals surface area (Å²) >= 11 is 0.